The van der Waals surface area contributed by atoms with Crippen LogP contribution in [0.3, 0.4) is 0 Å². The Bertz CT molecular complexity index is 1960. The Labute approximate surface area is 365 Å². The molecule has 6 aromatic rings. The molecule has 4 unspecified atom stereocenters. The molecular weight excluding hydrogens is 795 g/mol. The van der Waals surface area contributed by atoms with E-state index in [2.05, 4.69) is 185 Å². The highest BCUT2D eigenvalue weighted by atomic mass is 31.2. The lowest BCUT2D eigenvalue weighted by molar-refractivity contribution is -0.0672. The highest BCUT2D eigenvalue weighted by Crippen LogP contribution is 2.53. The van der Waals surface area contributed by atoms with Crippen LogP contribution in [0.15, 0.2) is 158 Å². The van der Waals surface area contributed by atoms with Crippen molar-refractivity contribution in [2.75, 3.05) is 26.4 Å². The molecule has 316 valence electrons. The van der Waals surface area contributed by atoms with Crippen molar-refractivity contribution in [3.8, 4) is 11.5 Å². The molecule has 2 fully saturated rings. The molecule has 2 saturated heterocycles. The van der Waals surface area contributed by atoms with Crippen LogP contribution in [0.25, 0.3) is 0 Å². The minimum atomic E-state index is -1.60. The molecule has 0 amide bonds. The van der Waals surface area contributed by atoms with E-state index in [1.807, 2.05) is 0 Å². The van der Waals surface area contributed by atoms with Gasteiger partial charge in [0.25, 0.3) is 0 Å². The van der Waals surface area contributed by atoms with Crippen molar-refractivity contribution in [2.24, 2.45) is 5.41 Å². The summed E-state index contributed by atoms with van der Waals surface area (Å²) in [4.78, 5) is 0. The molecule has 0 bridgehead atoms. The minimum Gasteiger partial charge on any atom is -0.427 e. The Morgan fingerprint density at radius 2 is 0.639 bits per heavy atom. The molecular formula is C53H58O6P2. The van der Waals surface area contributed by atoms with Gasteiger partial charge in [0.15, 0.2) is 0 Å². The fourth-order valence-electron chi connectivity index (χ4n) is 8.41. The fourth-order valence-corrected chi connectivity index (χ4v) is 10.8. The molecule has 2 heterocycles. The van der Waals surface area contributed by atoms with Crippen molar-refractivity contribution in [3.63, 3.8) is 0 Å². The van der Waals surface area contributed by atoms with Crippen LogP contribution >= 0.6 is 17.2 Å². The first-order chi connectivity index (χ1) is 29.8. The summed E-state index contributed by atoms with van der Waals surface area (Å²) in [5, 5.41) is 0. The molecule has 8 heteroatoms. The largest absolute Gasteiger partial charge is 0.427 e. The predicted molar refractivity (Wildman–Crippen MR) is 248 cm³/mol. The van der Waals surface area contributed by atoms with Crippen LogP contribution in [0.2, 0.25) is 0 Å². The summed E-state index contributed by atoms with van der Waals surface area (Å²) in [5.41, 5.74) is 9.83. The van der Waals surface area contributed by atoms with Gasteiger partial charge in [-0.15, -0.1) is 0 Å². The van der Waals surface area contributed by atoms with Gasteiger partial charge in [-0.3, -0.25) is 0 Å². The fraction of sp³-hybridized carbons (Fsp3) is 0.321. The summed E-state index contributed by atoms with van der Waals surface area (Å²) in [7, 11) is -3.19. The number of hydrogen-bond donors (Lipinski definition) is 0. The molecule has 8 rings (SSSR count). The molecule has 6 nitrogen and oxygen atoms in total. The molecule has 2 aliphatic heterocycles. The van der Waals surface area contributed by atoms with Gasteiger partial charge in [0, 0.05) is 0 Å². The van der Waals surface area contributed by atoms with E-state index in [0.29, 0.717) is 50.1 Å². The Morgan fingerprint density at radius 3 is 0.885 bits per heavy atom. The summed E-state index contributed by atoms with van der Waals surface area (Å²) in [6.07, 6.45) is 3.62. The van der Waals surface area contributed by atoms with Gasteiger partial charge in [-0.25, -0.2) is 0 Å². The van der Waals surface area contributed by atoms with E-state index in [0.717, 1.165) is 37.2 Å². The van der Waals surface area contributed by atoms with E-state index >= 15 is 0 Å². The van der Waals surface area contributed by atoms with Gasteiger partial charge >= 0.3 is 17.2 Å². The lowest BCUT2D eigenvalue weighted by Gasteiger charge is -2.41. The molecule has 1 spiro atoms. The Morgan fingerprint density at radius 1 is 0.393 bits per heavy atom. The van der Waals surface area contributed by atoms with Crippen LogP contribution in [0.1, 0.15) is 95.9 Å². The van der Waals surface area contributed by atoms with Crippen molar-refractivity contribution in [2.45, 2.75) is 77.0 Å². The number of hydrogen-bond acceptors (Lipinski definition) is 6. The molecule has 61 heavy (non-hydrogen) atoms. The van der Waals surface area contributed by atoms with Gasteiger partial charge in [0.1, 0.15) is 11.5 Å². The summed E-state index contributed by atoms with van der Waals surface area (Å²) in [5.74, 6) is 3.01. The third-order valence-electron chi connectivity index (χ3n) is 12.0. The molecule has 0 saturated carbocycles. The number of rotatable bonds is 16. The molecule has 6 aromatic carbocycles. The van der Waals surface area contributed by atoms with Gasteiger partial charge in [0.2, 0.25) is 0 Å². The second kappa shape index (κ2) is 20.7. The van der Waals surface area contributed by atoms with Crippen LogP contribution in [0.5, 0.6) is 11.5 Å². The molecule has 2 aliphatic rings. The maximum atomic E-state index is 6.50. The van der Waals surface area contributed by atoms with E-state index in [1.165, 1.54) is 44.5 Å². The second-order valence-electron chi connectivity index (χ2n) is 17.3. The maximum Gasteiger partial charge on any atom is 0.397 e. The van der Waals surface area contributed by atoms with Crippen LogP contribution in [-0.2, 0) is 43.8 Å². The van der Waals surface area contributed by atoms with Crippen molar-refractivity contribution < 1.29 is 27.1 Å². The topological polar surface area (TPSA) is 55.4 Å². The van der Waals surface area contributed by atoms with Gasteiger partial charge < -0.3 is 27.1 Å². The third-order valence-corrected chi connectivity index (χ3v) is 14.0. The first kappa shape index (κ1) is 43.3. The van der Waals surface area contributed by atoms with E-state index in [4.69, 9.17) is 27.1 Å². The molecule has 0 aliphatic carbocycles. The van der Waals surface area contributed by atoms with Gasteiger partial charge in [-0.2, -0.15) is 0 Å². The molecule has 0 radical (unpaired) electrons. The summed E-state index contributed by atoms with van der Waals surface area (Å²) in [6, 6.07) is 56.1. The average Bonchev–Trinajstić information content (AvgIpc) is 3.29. The van der Waals surface area contributed by atoms with Gasteiger partial charge in [-0.05, 0) is 118 Å². The molecule has 4 atom stereocenters. The lowest BCUT2D eigenvalue weighted by Crippen LogP contribution is -2.45. The highest BCUT2D eigenvalue weighted by Gasteiger charge is 2.45. The van der Waals surface area contributed by atoms with Crippen molar-refractivity contribution in [1.29, 1.82) is 0 Å². The van der Waals surface area contributed by atoms with E-state index in [1.54, 1.807) is 0 Å². The van der Waals surface area contributed by atoms with E-state index in [9.17, 15) is 0 Å². The van der Waals surface area contributed by atoms with E-state index in [-0.39, 0.29) is 0 Å². The zero-order valence-electron chi connectivity index (χ0n) is 35.8. The summed E-state index contributed by atoms with van der Waals surface area (Å²) in [6.45, 7) is 10.8. The zero-order chi connectivity index (χ0) is 42.0. The van der Waals surface area contributed by atoms with Crippen LogP contribution in [0, 0.1) is 5.41 Å². The van der Waals surface area contributed by atoms with Crippen LogP contribution < -0.4 is 9.05 Å². The Hall–Kier alpha value is -4.38. The standard InChI is InChI=1S/C53H58O6P2/c1-39(47-17-9-5-10-18-47)25-43-29-44(26-40(2)48-19-11-6-12-20-48)32-51(31-43)58-60-54-35-53(36-55-60)37-56-61(57-38-53)59-52-33-45(27-41(3)49-21-13-7-14-22-49)30-46(34-52)28-42(4)50-23-15-8-16-24-50/h5-24,29-34,39-42H,25-28,35-38H2,1-4H3. The third kappa shape index (κ3) is 12.0. The second-order valence-corrected chi connectivity index (χ2v) is 19.5. The van der Waals surface area contributed by atoms with Gasteiger partial charge in [0.05, 0.1) is 31.8 Å². The van der Waals surface area contributed by atoms with Crippen LogP contribution in [-0.4, -0.2) is 26.4 Å². The monoisotopic (exact) mass is 852 g/mol. The minimum absolute atomic E-state index is 0.363. The van der Waals surface area contributed by atoms with E-state index < -0.39 is 22.6 Å². The quantitative estimate of drug-likeness (QED) is 0.0904. The summed E-state index contributed by atoms with van der Waals surface area (Å²) < 4.78 is 38.3. The van der Waals surface area contributed by atoms with Crippen LogP contribution in [0.4, 0.5) is 0 Å². The highest BCUT2D eigenvalue weighted by molar-refractivity contribution is 7.42. The SMILES string of the molecule is CC(Cc1cc(CC(C)c2ccccc2)cc(OP2OCC3(CO2)COP(Oc2cc(CC(C)c4ccccc4)cc(CC(C)c4ccccc4)c2)OC3)c1)c1ccccc1. The molecule has 0 N–H and O–H groups in total. The summed E-state index contributed by atoms with van der Waals surface area (Å²) >= 11 is 0. The first-order valence-corrected chi connectivity index (χ1v) is 23.9. The Kier molecular flexibility index (Phi) is 14.7. The lowest BCUT2D eigenvalue weighted by atomic mass is 9.90. The zero-order valence-corrected chi connectivity index (χ0v) is 37.6. The van der Waals surface area contributed by atoms with Crippen molar-refractivity contribution in [1.82, 2.24) is 0 Å². The van der Waals surface area contributed by atoms with Crippen molar-refractivity contribution >= 4 is 17.2 Å². The Balaban J connectivity index is 0.896. The van der Waals surface area contributed by atoms with Crippen molar-refractivity contribution in [3.05, 3.63) is 202 Å². The first-order valence-electron chi connectivity index (χ1n) is 21.7. The van der Waals surface area contributed by atoms with Gasteiger partial charge in [-0.1, -0.05) is 161 Å². The maximum absolute atomic E-state index is 6.50. The predicted octanol–water partition coefficient (Wildman–Crippen LogP) is 14.1. The normalized spacial score (nSPS) is 21.0. The number of benzene rings is 6. The molecule has 0 aromatic heterocycles. The smallest absolute Gasteiger partial charge is 0.397 e. The average molecular weight is 853 g/mol.